The van der Waals surface area contributed by atoms with Crippen molar-refractivity contribution in [2.45, 2.75) is 18.9 Å². The Labute approximate surface area is 134 Å². The van der Waals surface area contributed by atoms with Crippen LogP contribution in [0.25, 0.3) is 0 Å². The summed E-state index contributed by atoms with van der Waals surface area (Å²) in [6, 6.07) is 2.98. The molecule has 1 aromatic rings. The molecule has 0 radical (unpaired) electrons. The number of nitrogens with zero attached hydrogens (tertiary/aromatic N) is 2. The predicted octanol–water partition coefficient (Wildman–Crippen LogP) is -0.689. The van der Waals surface area contributed by atoms with Crippen molar-refractivity contribution in [2.24, 2.45) is 24.6 Å². The number of primary amides is 1. The second-order valence-electron chi connectivity index (χ2n) is 6.61. The standard InChI is InChI=1S/C16H22N4O3/c1-19-5-4-11(6-15(19)22)16(23)18-13-8-20(9-14(17)21)7-12(13)10-2-3-10/h4-6,10,12-13H,2-3,7-9H2,1H3,(H2,17,21)(H,18,23)/t12-,13+/m1/s1. The number of hydrogen-bond acceptors (Lipinski definition) is 4. The molecule has 2 atom stereocenters. The molecule has 1 aliphatic carbocycles. The van der Waals surface area contributed by atoms with E-state index in [-0.39, 0.29) is 30.0 Å². The highest BCUT2D eigenvalue weighted by Crippen LogP contribution is 2.41. The molecule has 7 heteroatoms. The molecule has 0 unspecified atom stereocenters. The topological polar surface area (TPSA) is 97.4 Å². The van der Waals surface area contributed by atoms with Gasteiger partial charge < -0.3 is 15.6 Å². The number of aryl methyl sites for hydroxylation is 1. The molecule has 3 rings (SSSR count). The smallest absolute Gasteiger partial charge is 0.251 e. The van der Waals surface area contributed by atoms with Crippen molar-refractivity contribution in [3.63, 3.8) is 0 Å². The molecule has 0 aromatic carbocycles. The van der Waals surface area contributed by atoms with Crippen molar-refractivity contribution < 1.29 is 9.59 Å². The minimum atomic E-state index is -0.349. The van der Waals surface area contributed by atoms with E-state index in [0.29, 0.717) is 23.9 Å². The van der Waals surface area contributed by atoms with Crippen LogP contribution in [0.15, 0.2) is 23.1 Å². The maximum Gasteiger partial charge on any atom is 0.251 e. The third-order valence-electron chi connectivity index (χ3n) is 4.73. The van der Waals surface area contributed by atoms with E-state index >= 15 is 0 Å². The van der Waals surface area contributed by atoms with Crippen LogP contribution in [-0.4, -0.2) is 47.0 Å². The number of aromatic nitrogens is 1. The number of carbonyl (C=O) groups excluding carboxylic acids is 2. The molecular formula is C16H22N4O3. The zero-order valence-corrected chi connectivity index (χ0v) is 13.2. The minimum Gasteiger partial charge on any atom is -0.369 e. The van der Waals surface area contributed by atoms with Crippen molar-refractivity contribution in [3.05, 3.63) is 34.2 Å². The van der Waals surface area contributed by atoms with Crippen LogP contribution in [0, 0.1) is 11.8 Å². The van der Waals surface area contributed by atoms with E-state index in [1.807, 2.05) is 4.90 Å². The molecule has 2 fully saturated rings. The average Bonchev–Trinajstić information content (AvgIpc) is 3.25. The van der Waals surface area contributed by atoms with Gasteiger partial charge in [-0.2, -0.15) is 0 Å². The van der Waals surface area contributed by atoms with Gasteiger partial charge in [-0.15, -0.1) is 0 Å². The molecule has 0 bridgehead atoms. The Morgan fingerprint density at radius 2 is 2.09 bits per heavy atom. The molecule has 124 valence electrons. The monoisotopic (exact) mass is 318 g/mol. The zero-order valence-electron chi connectivity index (χ0n) is 13.2. The Bertz CT molecular complexity index is 680. The molecule has 2 amide bonds. The molecule has 2 aliphatic rings. The Balaban J connectivity index is 1.69. The number of hydrogen-bond donors (Lipinski definition) is 2. The average molecular weight is 318 g/mol. The summed E-state index contributed by atoms with van der Waals surface area (Å²) >= 11 is 0. The highest BCUT2D eigenvalue weighted by molar-refractivity contribution is 5.94. The van der Waals surface area contributed by atoms with Crippen molar-refractivity contribution in [2.75, 3.05) is 19.6 Å². The maximum atomic E-state index is 12.4. The van der Waals surface area contributed by atoms with E-state index in [1.165, 1.54) is 23.5 Å². The van der Waals surface area contributed by atoms with Crippen LogP contribution in [0.4, 0.5) is 0 Å². The molecule has 1 saturated heterocycles. The number of nitrogens with one attached hydrogen (secondary N) is 1. The Morgan fingerprint density at radius 1 is 1.35 bits per heavy atom. The van der Waals surface area contributed by atoms with E-state index in [1.54, 1.807) is 19.3 Å². The van der Waals surface area contributed by atoms with Crippen LogP contribution in [0.5, 0.6) is 0 Å². The first-order chi connectivity index (χ1) is 10.9. The van der Waals surface area contributed by atoms with Gasteiger partial charge in [0.15, 0.2) is 0 Å². The van der Waals surface area contributed by atoms with Gasteiger partial charge in [0, 0.05) is 44.0 Å². The van der Waals surface area contributed by atoms with Crippen molar-refractivity contribution >= 4 is 11.8 Å². The summed E-state index contributed by atoms with van der Waals surface area (Å²) in [6.45, 7) is 1.64. The summed E-state index contributed by atoms with van der Waals surface area (Å²) in [5, 5.41) is 3.04. The number of carbonyl (C=O) groups is 2. The highest BCUT2D eigenvalue weighted by atomic mass is 16.2. The highest BCUT2D eigenvalue weighted by Gasteiger charge is 2.43. The van der Waals surface area contributed by atoms with Crippen LogP contribution in [-0.2, 0) is 11.8 Å². The van der Waals surface area contributed by atoms with Gasteiger partial charge in [0.05, 0.1) is 6.54 Å². The van der Waals surface area contributed by atoms with Crippen molar-refractivity contribution in [3.8, 4) is 0 Å². The SMILES string of the molecule is Cn1ccc(C(=O)N[C@H]2CN(CC(N)=O)C[C@@H]2C2CC2)cc1=O. The van der Waals surface area contributed by atoms with Crippen LogP contribution in [0.3, 0.4) is 0 Å². The molecule has 7 nitrogen and oxygen atoms in total. The predicted molar refractivity (Wildman–Crippen MR) is 84.8 cm³/mol. The molecule has 3 N–H and O–H groups in total. The first-order valence-electron chi connectivity index (χ1n) is 7.92. The Morgan fingerprint density at radius 3 is 2.70 bits per heavy atom. The van der Waals surface area contributed by atoms with Gasteiger partial charge in [-0.25, -0.2) is 0 Å². The van der Waals surface area contributed by atoms with E-state index in [0.717, 1.165) is 6.54 Å². The molecule has 1 saturated carbocycles. The van der Waals surface area contributed by atoms with Crippen LogP contribution in [0.2, 0.25) is 0 Å². The van der Waals surface area contributed by atoms with Gasteiger partial charge in [0.2, 0.25) is 5.91 Å². The lowest BCUT2D eigenvalue weighted by atomic mass is 9.98. The van der Waals surface area contributed by atoms with E-state index < -0.39 is 0 Å². The van der Waals surface area contributed by atoms with E-state index in [2.05, 4.69) is 5.32 Å². The first kappa shape index (κ1) is 15.7. The first-order valence-corrected chi connectivity index (χ1v) is 7.92. The Kier molecular flexibility index (Phi) is 4.21. The van der Waals surface area contributed by atoms with Gasteiger partial charge in [-0.3, -0.25) is 19.3 Å². The third-order valence-corrected chi connectivity index (χ3v) is 4.73. The zero-order chi connectivity index (χ0) is 16.6. The molecular weight excluding hydrogens is 296 g/mol. The number of nitrogens with two attached hydrogens (primary N) is 1. The number of amides is 2. The fraction of sp³-hybridized carbons (Fsp3) is 0.562. The number of rotatable bonds is 5. The summed E-state index contributed by atoms with van der Waals surface area (Å²) in [5.41, 5.74) is 5.43. The van der Waals surface area contributed by atoms with Gasteiger partial charge in [-0.1, -0.05) is 0 Å². The van der Waals surface area contributed by atoms with Crippen molar-refractivity contribution in [1.82, 2.24) is 14.8 Å². The third kappa shape index (κ3) is 3.61. The van der Waals surface area contributed by atoms with Gasteiger partial charge in [0.25, 0.3) is 11.5 Å². The Hall–Kier alpha value is -2.15. The lowest BCUT2D eigenvalue weighted by Crippen LogP contribution is -2.42. The van der Waals surface area contributed by atoms with E-state index in [4.69, 9.17) is 5.73 Å². The molecule has 23 heavy (non-hydrogen) atoms. The van der Waals surface area contributed by atoms with Gasteiger partial charge in [-0.05, 0) is 30.7 Å². The van der Waals surface area contributed by atoms with Crippen LogP contribution in [0.1, 0.15) is 23.2 Å². The summed E-state index contributed by atoms with van der Waals surface area (Å²) < 4.78 is 1.42. The summed E-state index contributed by atoms with van der Waals surface area (Å²) in [6.07, 6.45) is 3.93. The maximum absolute atomic E-state index is 12.4. The number of pyridine rings is 1. The van der Waals surface area contributed by atoms with Crippen LogP contribution < -0.4 is 16.6 Å². The lowest BCUT2D eigenvalue weighted by molar-refractivity contribution is -0.118. The van der Waals surface area contributed by atoms with Gasteiger partial charge >= 0.3 is 0 Å². The quantitative estimate of drug-likeness (QED) is 0.751. The second kappa shape index (κ2) is 6.16. The van der Waals surface area contributed by atoms with Crippen molar-refractivity contribution in [1.29, 1.82) is 0 Å². The van der Waals surface area contributed by atoms with E-state index in [9.17, 15) is 14.4 Å². The minimum absolute atomic E-state index is 0.00147. The van der Waals surface area contributed by atoms with Gasteiger partial charge in [0.1, 0.15) is 0 Å². The fourth-order valence-corrected chi connectivity index (χ4v) is 3.36. The number of likely N-dealkylation sites (tertiary alicyclic amines) is 1. The lowest BCUT2D eigenvalue weighted by Gasteiger charge is -2.19. The summed E-state index contributed by atoms with van der Waals surface area (Å²) in [5.74, 6) is 0.379. The normalized spacial score (nSPS) is 24.6. The van der Waals surface area contributed by atoms with Crippen LogP contribution >= 0.6 is 0 Å². The summed E-state index contributed by atoms with van der Waals surface area (Å²) in [4.78, 5) is 37.2. The molecule has 2 heterocycles. The molecule has 1 aromatic heterocycles. The molecule has 0 spiro atoms. The summed E-state index contributed by atoms with van der Waals surface area (Å²) in [7, 11) is 1.64. The fourth-order valence-electron chi connectivity index (χ4n) is 3.36. The second-order valence-corrected chi connectivity index (χ2v) is 6.61. The molecule has 1 aliphatic heterocycles. The largest absolute Gasteiger partial charge is 0.369 e.